The number of morpholine rings is 1. The molecule has 0 aliphatic carbocycles. The van der Waals surface area contributed by atoms with Gasteiger partial charge in [0.1, 0.15) is 0 Å². The average Bonchev–Trinajstić information content (AvgIpc) is 2.04. The monoisotopic (exact) mass is 187 g/mol. The van der Waals surface area contributed by atoms with Crippen LogP contribution in [0.25, 0.3) is 0 Å². The molecule has 0 bridgehead atoms. The van der Waals surface area contributed by atoms with Gasteiger partial charge in [0.2, 0.25) is 0 Å². The van der Waals surface area contributed by atoms with Crippen molar-refractivity contribution >= 4 is 0 Å². The Labute approximate surface area is 81.0 Å². The molecule has 0 amide bonds. The van der Waals surface area contributed by atoms with Crippen LogP contribution in [0.1, 0.15) is 13.8 Å². The number of hydrogen-bond acceptors (Lipinski definition) is 3. The molecule has 13 heavy (non-hydrogen) atoms. The molecule has 0 spiro atoms. The minimum atomic E-state index is 0.392. The Kier molecular flexibility index (Phi) is 4.70. The minimum absolute atomic E-state index is 0.392. The summed E-state index contributed by atoms with van der Waals surface area (Å²) in [5.41, 5.74) is 0. The minimum Gasteiger partial charge on any atom is -0.384 e. The highest BCUT2D eigenvalue weighted by atomic mass is 16.5. The van der Waals surface area contributed by atoms with E-state index >= 15 is 0 Å². The van der Waals surface area contributed by atoms with Gasteiger partial charge in [-0.1, -0.05) is 6.92 Å². The van der Waals surface area contributed by atoms with Crippen LogP contribution < -0.4 is 0 Å². The van der Waals surface area contributed by atoms with Crippen molar-refractivity contribution < 1.29 is 9.47 Å². The molecule has 1 unspecified atom stereocenters. The lowest BCUT2D eigenvalue weighted by molar-refractivity contribution is -0.0257. The van der Waals surface area contributed by atoms with Crippen molar-refractivity contribution in [3.63, 3.8) is 0 Å². The van der Waals surface area contributed by atoms with Gasteiger partial charge in [0.05, 0.1) is 12.7 Å². The summed E-state index contributed by atoms with van der Waals surface area (Å²) < 4.78 is 10.6. The van der Waals surface area contributed by atoms with E-state index in [0.717, 1.165) is 32.8 Å². The maximum absolute atomic E-state index is 5.48. The molecule has 0 aromatic heterocycles. The molecular weight excluding hydrogens is 166 g/mol. The zero-order valence-electron chi connectivity index (χ0n) is 8.95. The Morgan fingerprint density at radius 2 is 2.38 bits per heavy atom. The third-order valence-electron chi connectivity index (χ3n) is 2.35. The normalized spacial score (nSPS) is 27.5. The number of methoxy groups -OCH3 is 1. The van der Waals surface area contributed by atoms with Crippen molar-refractivity contribution in [2.45, 2.75) is 20.0 Å². The second-order valence-corrected chi connectivity index (χ2v) is 4.00. The number of nitrogens with zero attached hydrogens (tertiary/aromatic N) is 1. The highest BCUT2D eigenvalue weighted by Gasteiger charge is 2.17. The molecule has 0 N–H and O–H groups in total. The van der Waals surface area contributed by atoms with Crippen molar-refractivity contribution in [1.82, 2.24) is 4.90 Å². The fourth-order valence-electron chi connectivity index (χ4n) is 1.83. The molecule has 1 saturated heterocycles. The summed E-state index contributed by atoms with van der Waals surface area (Å²) in [6.45, 7) is 9.34. The number of ether oxygens (including phenoxy) is 2. The van der Waals surface area contributed by atoms with Gasteiger partial charge in [0.25, 0.3) is 0 Å². The molecule has 78 valence electrons. The Morgan fingerprint density at radius 3 is 3.00 bits per heavy atom. The Hall–Kier alpha value is -0.120. The number of rotatable bonds is 4. The van der Waals surface area contributed by atoms with E-state index in [9.17, 15) is 0 Å². The molecule has 3 heteroatoms. The quantitative estimate of drug-likeness (QED) is 0.655. The van der Waals surface area contributed by atoms with Crippen LogP contribution in [0.4, 0.5) is 0 Å². The van der Waals surface area contributed by atoms with E-state index in [1.54, 1.807) is 7.11 Å². The van der Waals surface area contributed by atoms with Crippen LogP contribution in [-0.4, -0.2) is 51.0 Å². The fraction of sp³-hybridized carbons (Fsp3) is 1.00. The van der Waals surface area contributed by atoms with Crippen molar-refractivity contribution in [3.8, 4) is 0 Å². The molecule has 0 saturated carbocycles. The number of hydrogen-bond donors (Lipinski definition) is 0. The third-order valence-corrected chi connectivity index (χ3v) is 2.35. The van der Waals surface area contributed by atoms with Crippen LogP contribution in [0.15, 0.2) is 0 Å². The summed E-state index contributed by atoms with van der Waals surface area (Å²) in [7, 11) is 1.76. The highest BCUT2D eigenvalue weighted by Crippen LogP contribution is 2.07. The molecule has 0 aromatic rings. The van der Waals surface area contributed by atoms with E-state index in [4.69, 9.17) is 9.47 Å². The first kappa shape index (κ1) is 11.0. The lowest BCUT2D eigenvalue weighted by atomic mass is 10.1. The van der Waals surface area contributed by atoms with Crippen LogP contribution in [0, 0.1) is 5.92 Å². The second-order valence-electron chi connectivity index (χ2n) is 4.00. The first-order valence-corrected chi connectivity index (χ1v) is 5.05. The molecule has 1 aliphatic rings. The zero-order chi connectivity index (χ0) is 9.68. The topological polar surface area (TPSA) is 21.7 Å². The van der Waals surface area contributed by atoms with E-state index in [0.29, 0.717) is 12.0 Å². The first-order chi connectivity index (χ1) is 6.22. The van der Waals surface area contributed by atoms with Gasteiger partial charge in [0.15, 0.2) is 0 Å². The predicted octanol–water partition coefficient (Wildman–Crippen LogP) is 0.990. The van der Waals surface area contributed by atoms with E-state index in [2.05, 4.69) is 18.7 Å². The molecule has 0 aromatic carbocycles. The van der Waals surface area contributed by atoms with E-state index in [1.807, 2.05) is 0 Å². The second kappa shape index (κ2) is 5.58. The summed E-state index contributed by atoms with van der Waals surface area (Å²) >= 11 is 0. The van der Waals surface area contributed by atoms with Gasteiger partial charge in [-0.25, -0.2) is 0 Å². The fourth-order valence-corrected chi connectivity index (χ4v) is 1.83. The summed E-state index contributed by atoms with van der Waals surface area (Å²) in [6.07, 6.45) is 0.392. The lowest BCUT2D eigenvalue weighted by Crippen LogP contribution is -2.43. The van der Waals surface area contributed by atoms with E-state index < -0.39 is 0 Å². The maximum Gasteiger partial charge on any atom is 0.0674 e. The third kappa shape index (κ3) is 4.07. The van der Waals surface area contributed by atoms with Gasteiger partial charge >= 0.3 is 0 Å². The SMILES string of the molecule is COCC(C)CN1CCO[C@H](C)C1. The predicted molar refractivity (Wildman–Crippen MR) is 52.9 cm³/mol. The molecular formula is C10H21NO2. The average molecular weight is 187 g/mol. The summed E-state index contributed by atoms with van der Waals surface area (Å²) in [5, 5.41) is 0. The standard InChI is InChI=1S/C10H21NO2/c1-9(8-12-3)6-11-4-5-13-10(2)7-11/h9-10H,4-8H2,1-3H3/t9?,10-/m1/s1. The largest absolute Gasteiger partial charge is 0.384 e. The Bertz CT molecular complexity index is 141. The van der Waals surface area contributed by atoms with Crippen LogP contribution in [0.3, 0.4) is 0 Å². The Balaban J connectivity index is 2.19. The van der Waals surface area contributed by atoms with Crippen LogP contribution in [-0.2, 0) is 9.47 Å². The summed E-state index contributed by atoms with van der Waals surface area (Å²) in [4.78, 5) is 2.46. The molecule has 3 nitrogen and oxygen atoms in total. The zero-order valence-corrected chi connectivity index (χ0v) is 8.95. The van der Waals surface area contributed by atoms with Crippen molar-refractivity contribution in [3.05, 3.63) is 0 Å². The van der Waals surface area contributed by atoms with Gasteiger partial charge in [0, 0.05) is 33.4 Å². The van der Waals surface area contributed by atoms with Crippen LogP contribution in [0.5, 0.6) is 0 Å². The van der Waals surface area contributed by atoms with Crippen LogP contribution in [0.2, 0.25) is 0 Å². The highest BCUT2D eigenvalue weighted by molar-refractivity contribution is 4.69. The smallest absolute Gasteiger partial charge is 0.0674 e. The van der Waals surface area contributed by atoms with Gasteiger partial charge in [-0.2, -0.15) is 0 Å². The molecule has 2 atom stereocenters. The molecule has 0 radical (unpaired) electrons. The van der Waals surface area contributed by atoms with Gasteiger partial charge in [-0.15, -0.1) is 0 Å². The lowest BCUT2D eigenvalue weighted by Gasteiger charge is -2.32. The van der Waals surface area contributed by atoms with E-state index in [1.165, 1.54) is 0 Å². The Morgan fingerprint density at radius 1 is 1.62 bits per heavy atom. The van der Waals surface area contributed by atoms with Gasteiger partial charge in [-0.05, 0) is 12.8 Å². The molecule has 1 heterocycles. The summed E-state index contributed by atoms with van der Waals surface area (Å²) in [5.74, 6) is 0.621. The van der Waals surface area contributed by atoms with Crippen molar-refractivity contribution in [2.75, 3.05) is 40.0 Å². The van der Waals surface area contributed by atoms with Gasteiger partial charge < -0.3 is 9.47 Å². The van der Waals surface area contributed by atoms with Crippen LogP contribution >= 0.6 is 0 Å². The van der Waals surface area contributed by atoms with Crippen molar-refractivity contribution in [1.29, 1.82) is 0 Å². The molecule has 1 rings (SSSR count). The van der Waals surface area contributed by atoms with Crippen molar-refractivity contribution in [2.24, 2.45) is 5.92 Å². The molecule has 1 fully saturated rings. The van der Waals surface area contributed by atoms with Gasteiger partial charge in [-0.3, -0.25) is 4.90 Å². The first-order valence-electron chi connectivity index (χ1n) is 5.05. The van der Waals surface area contributed by atoms with E-state index in [-0.39, 0.29) is 0 Å². The maximum atomic E-state index is 5.48. The molecule has 1 aliphatic heterocycles. The summed E-state index contributed by atoms with van der Waals surface area (Å²) in [6, 6.07) is 0.